The number of anilines is 1. The molecule has 1 aliphatic rings. The molecule has 1 N–H and O–H groups in total. The second-order valence-electron chi connectivity index (χ2n) is 6.36. The number of nitrogens with zero attached hydrogens (tertiary/aromatic N) is 2. The second kappa shape index (κ2) is 7.27. The van der Waals surface area contributed by atoms with Gasteiger partial charge in [0, 0.05) is 16.6 Å². The Balaban J connectivity index is 1.65. The van der Waals surface area contributed by atoms with E-state index in [2.05, 4.69) is 26.3 Å². The van der Waals surface area contributed by atoms with Gasteiger partial charge in [-0.2, -0.15) is 5.10 Å². The third kappa shape index (κ3) is 3.35. The first kappa shape index (κ1) is 18.5. The maximum atomic E-state index is 13.2. The van der Waals surface area contributed by atoms with Crippen LogP contribution in [0.5, 0.6) is 11.5 Å². The van der Waals surface area contributed by atoms with E-state index in [0.717, 1.165) is 0 Å². The highest BCUT2D eigenvalue weighted by Crippen LogP contribution is 2.38. The molecule has 144 valence electrons. The molecule has 0 bridgehead atoms. The number of ether oxygens (including phenoxy) is 2. The zero-order valence-corrected chi connectivity index (χ0v) is 16.8. The average molecular weight is 446 g/mol. The summed E-state index contributed by atoms with van der Waals surface area (Å²) in [6.07, 6.45) is 0. The molecule has 0 saturated carbocycles. The number of carbonyl (C=O) groups excluding carboxylic acids is 1. The summed E-state index contributed by atoms with van der Waals surface area (Å²) in [7, 11) is 0. The lowest BCUT2D eigenvalue weighted by Gasteiger charge is -2.20. The third-order valence-corrected chi connectivity index (χ3v) is 5.13. The van der Waals surface area contributed by atoms with Crippen LogP contribution in [0.2, 0.25) is 0 Å². The van der Waals surface area contributed by atoms with Crippen molar-refractivity contribution in [3.8, 4) is 17.2 Å². The lowest BCUT2D eigenvalue weighted by atomic mass is 10.1. The van der Waals surface area contributed by atoms with E-state index in [9.17, 15) is 9.18 Å². The van der Waals surface area contributed by atoms with Gasteiger partial charge in [-0.1, -0.05) is 0 Å². The Morgan fingerprint density at radius 3 is 2.46 bits per heavy atom. The van der Waals surface area contributed by atoms with Crippen LogP contribution in [-0.4, -0.2) is 28.9 Å². The normalized spacial score (nSPS) is 12.7. The summed E-state index contributed by atoms with van der Waals surface area (Å²) in [5.41, 5.74) is 2.96. The summed E-state index contributed by atoms with van der Waals surface area (Å²) in [5.74, 6) is 0.597. The molecule has 6 nitrogen and oxygen atoms in total. The molecule has 0 aliphatic carbocycles. The van der Waals surface area contributed by atoms with Crippen molar-refractivity contribution in [3.05, 3.63) is 63.6 Å². The quantitative estimate of drug-likeness (QED) is 0.648. The number of hydrogen-bond donors (Lipinski definition) is 1. The summed E-state index contributed by atoms with van der Waals surface area (Å²) in [4.78, 5) is 13.0. The van der Waals surface area contributed by atoms with E-state index in [0.29, 0.717) is 57.5 Å². The van der Waals surface area contributed by atoms with Gasteiger partial charge in [0.1, 0.15) is 19.0 Å². The fourth-order valence-corrected chi connectivity index (χ4v) is 3.57. The number of rotatable bonds is 3. The van der Waals surface area contributed by atoms with Crippen molar-refractivity contribution in [1.82, 2.24) is 9.78 Å². The molecule has 0 radical (unpaired) electrons. The number of benzene rings is 2. The van der Waals surface area contributed by atoms with Crippen LogP contribution in [0.15, 0.2) is 40.9 Å². The lowest BCUT2D eigenvalue weighted by molar-refractivity contribution is 0.102. The molecule has 1 amide bonds. The van der Waals surface area contributed by atoms with E-state index in [1.54, 1.807) is 42.8 Å². The second-order valence-corrected chi connectivity index (χ2v) is 7.22. The monoisotopic (exact) mass is 445 g/mol. The summed E-state index contributed by atoms with van der Waals surface area (Å²) >= 11 is 3.46. The fourth-order valence-electron chi connectivity index (χ4n) is 3.15. The molecule has 0 atom stereocenters. The minimum atomic E-state index is -0.327. The van der Waals surface area contributed by atoms with Crippen molar-refractivity contribution in [1.29, 1.82) is 0 Å². The van der Waals surface area contributed by atoms with Crippen LogP contribution in [0.3, 0.4) is 0 Å². The smallest absolute Gasteiger partial charge is 0.259 e. The van der Waals surface area contributed by atoms with Gasteiger partial charge in [-0.3, -0.25) is 4.79 Å². The molecule has 0 saturated heterocycles. The van der Waals surface area contributed by atoms with Gasteiger partial charge in [-0.05, 0) is 54.0 Å². The Labute approximate surface area is 169 Å². The van der Waals surface area contributed by atoms with E-state index in [1.165, 1.54) is 12.1 Å². The van der Waals surface area contributed by atoms with Crippen molar-refractivity contribution in [2.75, 3.05) is 18.5 Å². The average Bonchev–Trinajstić information content (AvgIpc) is 2.97. The molecule has 1 aromatic heterocycles. The number of nitrogens with one attached hydrogen (secondary N) is 1. The number of halogens is 2. The summed E-state index contributed by atoms with van der Waals surface area (Å²) < 4.78 is 26.6. The molecule has 1 aliphatic heterocycles. The predicted octanol–water partition coefficient (Wildman–Crippen LogP) is 4.41. The van der Waals surface area contributed by atoms with Crippen LogP contribution in [0.4, 0.5) is 10.1 Å². The molecule has 8 heteroatoms. The van der Waals surface area contributed by atoms with Gasteiger partial charge >= 0.3 is 0 Å². The molecule has 2 aromatic carbocycles. The Kier molecular flexibility index (Phi) is 4.80. The van der Waals surface area contributed by atoms with Crippen molar-refractivity contribution >= 4 is 27.5 Å². The van der Waals surface area contributed by atoms with E-state index in [1.807, 2.05) is 0 Å². The molecule has 4 rings (SSSR count). The summed E-state index contributed by atoms with van der Waals surface area (Å²) in [6.45, 7) is 4.52. The van der Waals surface area contributed by atoms with Gasteiger partial charge in [0.15, 0.2) is 11.5 Å². The lowest BCUT2D eigenvalue weighted by Crippen LogP contribution is -2.17. The van der Waals surface area contributed by atoms with Gasteiger partial charge < -0.3 is 14.8 Å². The highest BCUT2D eigenvalue weighted by molar-refractivity contribution is 9.10. The fraction of sp³-hybridized carbons (Fsp3) is 0.200. The van der Waals surface area contributed by atoms with Crippen LogP contribution in [-0.2, 0) is 0 Å². The summed E-state index contributed by atoms with van der Waals surface area (Å²) in [6, 6.07) is 9.45. The first-order valence-electron chi connectivity index (χ1n) is 8.66. The molecule has 3 aromatic rings. The van der Waals surface area contributed by atoms with Gasteiger partial charge in [-0.25, -0.2) is 9.07 Å². The van der Waals surface area contributed by atoms with E-state index in [4.69, 9.17) is 9.47 Å². The standard InChI is InChI=1S/C20H17BrFN3O3/c1-11-19(12(2)25(24-11)14-5-3-13(22)4-6-14)20(26)23-16-10-18-17(9-15(16)21)27-7-8-28-18/h3-6,9-10H,7-8H2,1-2H3,(H,23,26). The molecule has 0 unspecified atom stereocenters. The van der Waals surface area contributed by atoms with E-state index >= 15 is 0 Å². The first-order chi connectivity index (χ1) is 13.4. The number of carbonyl (C=O) groups is 1. The Morgan fingerprint density at radius 2 is 1.79 bits per heavy atom. The van der Waals surface area contributed by atoms with Crippen LogP contribution in [0, 0.1) is 19.7 Å². The maximum Gasteiger partial charge on any atom is 0.259 e. The molecule has 0 fully saturated rings. The minimum Gasteiger partial charge on any atom is -0.486 e. The largest absolute Gasteiger partial charge is 0.486 e. The number of aromatic nitrogens is 2. The van der Waals surface area contributed by atoms with Crippen LogP contribution < -0.4 is 14.8 Å². The number of fused-ring (bicyclic) bond motifs is 1. The molecular weight excluding hydrogens is 429 g/mol. The SMILES string of the molecule is Cc1nn(-c2ccc(F)cc2)c(C)c1C(=O)Nc1cc2c(cc1Br)OCCO2. The topological polar surface area (TPSA) is 65.4 Å². The Hall–Kier alpha value is -2.87. The van der Waals surface area contributed by atoms with Crippen molar-refractivity contribution in [2.45, 2.75) is 13.8 Å². The Morgan fingerprint density at radius 1 is 1.14 bits per heavy atom. The van der Waals surface area contributed by atoms with E-state index < -0.39 is 0 Å². The van der Waals surface area contributed by atoms with Crippen molar-refractivity contribution < 1.29 is 18.7 Å². The van der Waals surface area contributed by atoms with E-state index in [-0.39, 0.29) is 11.7 Å². The minimum absolute atomic E-state index is 0.291. The Bertz CT molecular complexity index is 1060. The van der Waals surface area contributed by atoms with Crippen molar-refractivity contribution in [3.63, 3.8) is 0 Å². The zero-order valence-electron chi connectivity index (χ0n) is 15.3. The predicted molar refractivity (Wildman–Crippen MR) is 106 cm³/mol. The van der Waals surface area contributed by atoms with Crippen LogP contribution in [0.1, 0.15) is 21.7 Å². The first-order valence-corrected chi connectivity index (χ1v) is 9.46. The third-order valence-electron chi connectivity index (χ3n) is 4.47. The molecule has 2 heterocycles. The van der Waals surface area contributed by atoms with Gasteiger partial charge in [-0.15, -0.1) is 0 Å². The van der Waals surface area contributed by atoms with Crippen LogP contribution >= 0.6 is 15.9 Å². The van der Waals surface area contributed by atoms with Gasteiger partial charge in [0.2, 0.25) is 0 Å². The number of aryl methyl sites for hydroxylation is 1. The summed E-state index contributed by atoms with van der Waals surface area (Å²) in [5, 5.41) is 7.34. The molecular formula is C20H17BrFN3O3. The highest BCUT2D eigenvalue weighted by Gasteiger charge is 2.22. The van der Waals surface area contributed by atoms with Gasteiger partial charge in [0.25, 0.3) is 5.91 Å². The molecule has 0 spiro atoms. The number of hydrogen-bond acceptors (Lipinski definition) is 4. The van der Waals surface area contributed by atoms with Gasteiger partial charge in [0.05, 0.1) is 28.3 Å². The van der Waals surface area contributed by atoms with Crippen molar-refractivity contribution in [2.24, 2.45) is 0 Å². The molecule has 28 heavy (non-hydrogen) atoms. The highest BCUT2D eigenvalue weighted by atomic mass is 79.9. The maximum absolute atomic E-state index is 13.2. The zero-order chi connectivity index (χ0) is 19.8. The van der Waals surface area contributed by atoms with Crippen LogP contribution in [0.25, 0.3) is 5.69 Å². The number of amides is 1.